The van der Waals surface area contributed by atoms with Crippen LogP contribution in [0.1, 0.15) is 136 Å². The van der Waals surface area contributed by atoms with Crippen molar-refractivity contribution in [3.8, 4) is 0 Å². The Balaban J connectivity index is 3.99. The standard InChI is InChI=1S/C51H76N2O4/c1-4-6-8-10-12-14-16-18-20-22-24-26-28-30-32-34-36-38-40-45-49(54)52-47-43-42-44-48(51(56)57-3)53-50(55)46-41-39-37-35-33-31-29-27-25-23-21-19-17-15-13-11-9-7-5-2/h6-9,12-15,18-21,24-27,30-33,36-39,48H,4-5,10-11,16-17,22-23,28-29,34-35,40-47H2,1-3H3,(H,52,54)(H,53,55)/t48-/m0/s1. The second-order valence-electron chi connectivity index (χ2n) is 13.4. The second kappa shape index (κ2) is 44.0. The number of unbranched alkanes of at least 4 members (excludes halogenated alkanes) is 1. The van der Waals surface area contributed by atoms with Crippen molar-refractivity contribution in [1.29, 1.82) is 0 Å². The van der Waals surface area contributed by atoms with Gasteiger partial charge in [0.05, 0.1) is 7.11 Å². The molecular formula is C51H76N2O4. The van der Waals surface area contributed by atoms with Crippen molar-refractivity contribution in [3.63, 3.8) is 0 Å². The number of ether oxygens (including phenoxy) is 1. The van der Waals surface area contributed by atoms with E-state index < -0.39 is 12.0 Å². The maximum absolute atomic E-state index is 12.5. The number of nitrogens with one attached hydrogen (secondary N) is 2. The average molecular weight is 781 g/mol. The molecule has 2 amide bonds. The molecule has 6 heteroatoms. The third-order valence-electron chi connectivity index (χ3n) is 8.33. The molecule has 0 rings (SSSR count). The number of hydrogen-bond acceptors (Lipinski definition) is 4. The molecule has 57 heavy (non-hydrogen) atoms. The third kappa shape index (κ3) is 40.8. The lowest BCUT2D eigenvalue weighted by Crippen LogP contribution is -2.41. The van der Waals surface area contributed by atoms with Gasteiger partial charge in [-0.1, -0.05) is 160 Å². The maximum atomic E-state index is 12.5. The van der Waals surface area contributed by atoms with Crippen LogP contribution in [0.15, 0.2) is 146 Å². The van der Waals surface area contributed by atoms with Gasteiger partial charge in [-0.2, -0.15) is 0 Å². The van der Waals surface area contributed by atoms with Crippen LogP contribution in [-0.2, 0) is 19.1 Å². The molecule has 0 fully saturated rings. The second-order valence-corrected chi connectivity index (χ2v) is 13.4. The van der Waals surface area contributed by atoms with Crippen LogP contribution in [0.2, 0.25) is 0 Å². The van der Waals surface area contributed by atoms with Gasteiger partial charge in [0, 0.05) is 19.4 Å². The summed E-state index contributed by atoms with van der Waals surface area (Å²) < 4.78 is 4.91. The molecule has 2 N–H and O–H groups in total. The van der Waals surface area contributed by atoms with Crippen molar-refractivity contribution in [2.45, 2.75) is 142 Å². The van der Waals surface area contributed by atoms with Gasteiger partial charge >= 0.3 is 5.97 Å². The molecule has 0 aliphatic rings. The van der Waals surface area contributed by atoms with Crippen molar-refractivity contribution >= 4 is 17.8 Å². The smallest absolute Gasteiger partial charge is 0.328 e. The van der Waals surface area contributed by atoms with Gasteiger partial charge in [-0.25, -0.2) is 4.79 Å². The molecule has 0 aliphatic carbocycles. The highest BCUT2D eigenvalue weighted by molar-refractivity contribution is 5.84. The predicted molar refractivity (Wildman–Crippen MR) is 246 cm³/mol. The molecule has 0 saturated heterocycles. The molecule has 0 aromatic carbocycles. The van der Waals surface area contributed by atoms with E-state index in [2.05, 4.69) is 158 Å². The van der Waals surface area contributed by atoms with Crippen molar-refractivity contribution in [2.24, 2.45) is 0 Å². The zero-order chi connectivity index (χ0) is 41.5. The van der Waals surface area contributed by atoms with E-state index in [0.717, 1.165) is 77.0 Å². The molecule has 1 atom stereocenters. The number of carbonyl (C=O) groups is 3. The number of amides is 2. The van der Waals surface area contributed by atoms with E-state index in [1.54, 1.807) is 0 Å². The summed E-state index contributed by atoms with van der Waals surface area (Å²) in [5.41, 5.74) is 0. The van der Waals surface area contributed by atoms with Crippen molar-refractivity contribution in [2.75, 3.05) is 13.7 Å². The van der Waals surface area contributed by atoms with E-state index in [0.29, 0.717) is 51.5 Å². The summed E-state index contributed by atoms with van der Waals surface area (Å²) in [5.74, 6) is -0.605. The first-order valence-electron chi connectivity index (χ1n) is 21.5. The van der Waals surface area contributed by atoms with E-state index in [1.807, 2.05) is 12.2 Å². The van der Waals surface area contributed by atoms with Gasteiger partial charge in [0.15, 0.2) is 0 Å². The van der Waals surface area contributed by atoms with Crippen LogP contribution in [0.4, 0.5) is 0 Å². The van der Waals surface area contributed by atoms with Crippen LogP contribution in [0.5, 0.6) is 0 Å². The number of allylic oxidation sites excluding steroid dienone is 24. The number of methoxy groups -OCH3 is 1. The molecule has 0 radical (unpaired) electrons. The highest BCUT2D eigenvalue weighted by atomic mass is 16.5. The van der Waals surface area contributed by atoms with Crippen LogP contribution in [0, 0.1) is 0 Å². The Morgan fingerprint density at radius 1 is 0.439 bits per heavy atom. The van der Waals surface area contributed by atoms with Gasteiger partial charge in [-0.15, -0.1) is 0 Å². The first-order chi connectivity index (χ1) is 28.0. The summed E-state index contributed by atoms with van der Waals surface area (Å²) in [6.07, 6.45) is 67.3. The largest absolute Gasteiger partial charge is 0.467 e. The number of carbonyl (C=O) groups excluding carboxylic acids is 3. The quantitative estimate of drug-likeness (QED) is 0.0381. The summed E-state index contributed by atoms with van der Waals surface area (Å²) >= 11 is 0. The molecule has 0 saturated carbocycles. The molecule has 0 heterocycles. The molecule has 0 aliphatic heterocycles. The van der Waals surface area contributed by atoms with Gasteiger partial charge in [-0.3, -0.25) is 9.59 Å². The Bertz CT molecular complexity index is 1370. The lowest BCUT2D eigenvalue weighted by atomic mass is 10.1. The Labute approximate surface area is 347 Å². The molecule has 0 bridgehead atoms. The minimum atomic E-state index is -0.684. The minimum absolute atomic E-state index is 0.0155. The normalized spacial score (nSPS) is 13.5. The van der Waals surface area contributed by atoms with E-state index in [1.165, 1.54) is 7.11 Å². The highest BCUT2D eigenvalue weighted by Crippen LogP contribution is 2.05. The molecule has 0 aromatic heterocycles. The van der Waals surface area contributed by atoms with E-state index in [4.69, 9.17) is 4.74 Å². The van der Waals surface area contributed by atoms with Gasteiger partial charge in [0.1, 0.15) is 6.04 Å². The zero-order valence-electron chi connectivity index (χ0n) is 35.7. The summed E-state index contributed by atoms with van der Waals surface area (Å²) in [6, 6.07) is -0.684. The van der Waals surface area contributed by atoms with Crippen LogP contribution in [-0.4, -0.2) is 37.5 Å². The third-order valence-corrected chi connectivity index (χ3v) is 8.33. The maximum Gasteiger partial charge on any atom is 0.328 e. The number of hydrogen-bond donors (Lipinski definition) is 2. The van der Waals surface area contributed by atoms with E-state index >= 15 is 0 Å². The van der Waals surface area contributed by atoms with Crippen LogP contribution in [0.3, 0.4) is 0 Å². The molecule has 0 spiro atoms. The molecule has 314 valence electrons. The first kappa shape index (κ1) is 52.3. The monoisotopic (exact) mass is 781 g/mol. The Kier molecular flexibility index (Phi) is 40.4. The summed E-state index contributed by atoms with van der Waals surface area (Å²) in [4.78, 5) is 36.9. The molecular weight excluding hydrogens is 705 g/mol. The van der Waals surface area contributed by atoms with Gasteiger partial charge in [-0.05, 0) is 109 Å². The summed E-state index contributed by atoms with van der Waals surface area (Å²) in [6.45, 7) is 4.83. The molecule has 6 nitrogen and oxygen atoms in total. The summed E-state index contributed by atoms with van der Waals surface area (Å²) in [7, 11) is 1.33. The van der Waals surface area contributed by atoms with Gasteiger partial charge < -0.3 is 15.4 Å². The topological polar surface area (TPSA) is 84.5 Å². The molecule has 0 aromatic rings. The van der Waals surface area contributed by atoms with Crippen LogP contribution >= 0.6 is 0 Å². The number of esters is 1. The van der Waals surface area contributed by atoms with Crippen LogP contribution < -0.4 is 10.6 Å². The fourth-order valence-electron chi connectivity index (χ4n) is 5.16. The van der Waals surface area contributed by atoms with E-state index in [-0.39, 0.29) is 11.8 Å². The first-order valence-corrected chi connectivity index (χ1v) is 21.5. The van der Waals surface area contributed by atoms with Gasteiger partial charge in [0.2, 0.25) is 11.8 Å². The summed E-state index contributed by atoms with van der Waals surface area (Å²) in [5, 5.41) is 5.76. The fourth-order valence-corrected chi connectivity index (χ4v) is 5.16. The Hall–Kier alpha value is -4.71. The SMILES string of the molecule is CCC=CCC=CCC=CCC=CCC=CCC=CCCC(=O)NCCCC[C@H](NC(=O)CCC=CCC=CCC=CCC=CCC=CCC=CCC)C(=O)OC. The fraction of sp³-hybridized carbons (Fsp3) is 0.471. The Morgan fingerprint density at radius 2 is 0.754 bits per heavy atom. The highest BCUT2D eigenvalue weighted by Gasteiger charge is 2.20. The lowest BCUT2D eigenvalue weighted by molar-refractivity contribution is -0.145. The average Bonchev–Trinajstić information content (AvgIpc) is 3.21. The van der Waals surface area contributed by atoms with E-state index in [9.17, 15) is 14.4 Å². The predicted octanol–water partition coefficient (Wildman–Crippen LogP) is 12.9. The van der Waals surface area contributed by atoms with Crippen LogP contribution in [0.25, 0.3) is 0 Å². The van der Waals surface area contributed by atoms with Crippen molar-refractivity contribution < 1.29 is 19.1 Å². The lowest BCUT2D eigenvalue weighted by Gasteiger charge is -2.16. The van der Waals surface area contributed by atoms with Crippen molar-refractivity contribution in [3.05, 3.63) is 146 Å². The van der Waals surface area contributed by atoms with Crippen molar-refractivity contribution in [1.82, 2.24) is 10.6 Å². The zero-order valence-corrected chi connectivity index (χ0v) is 35.7. The minimum Gasteiger partial charge on any atom is -0.467 e. The Morgan fingerprint density at radius 3 is 1.09 bits per heavy atom. The molecule has 0 unspecified atom stereocenters. The van der Waals surface area contributed by atoms with Gasteiger partial charge in [0.25, 0.3) is 0 Å². The number of rotatable bonds is 35.